The van der Waals surface area contributed by atoms with Crippen molar-refractivity contribution < 1.29 is 13.5 Å². The summed E-state index contributed by atoms with van der Waals surface area (Å²) < 4.78 is 27.4. The topological polar surface area (TPSA) is 74.6 Å². The first-order chi connectivity index (χ1) is 7.93. The third-order valence-corrected chi connectivity index (χ3v) is 4.97. The summed E-state index contributed by atoms with van der Waals surface area (Å²) in [5, 5.41) is 12.7. The molecule has 2 rings (SSSR count). The third-order valence-electron chi connectivity index (χ3n) is 3.10. The van der Waals surface area contributed by atoms with Gasteiger partial charge >= 0.3 is 0 Å². The summed E-state index contributed by atoms with van der Waals surface area (Å²) in [7, 11) is -0.250. The van der Waals surface area contributed by atoms with Crippen LogP contribution >= 0.6 is 0 Å². The highest BCUT2D eigenvalue weighted by molar-refractivity contribution is 7.89. The number of aliphatic hydroxyl groups excluding tert-OH is 1. The summed E-state index contributed by atoms with van der Waals surface area (Å²) in [6.07, 6.45) is 2.59. The molecule has 0 aromatic carbocycles. The highest BCUT2D eigenvalue weighted by Crippen LogP contribution is 2.19. The van der Waals surface area contributed by atoms with Crippen LogP contribution in [-0.4, -0.2) is 54.7 Å². The second-order valence-electron chi connectivity index (χ2n) is 4.33. The normalized spacial score (nSPS) is 25.6. The average molecular weight is 259 g/mol. The van der Waals surface area contributed by atoms with E-state index < -0.39 is 22.2 Å². The molecule has 1 aromatic heterocycles. The highest BCUT2D eigenvalue weighted by atomic mass is 32.2. The minimum absolute atomic E-state index is 0.251. The van der Waals surface area contributed by atoms with E-state index in [1.807, 2.05) is 0 Å². The minimum atomic E-state index is -3.52. The standard InChI is InChI=1S/C10H17N3O3S/c1-12-4-3-8(7-12)17(15,16)13(2)9-5-11-6-10(9)14/h3-4,7,9-11,14H,5-6H2,1-2H3/t9-,10-/m1/s1. The van der Waals surface area contributed by atoms with Crippen molar-refractivity contribution in [3.8, 4) is 0 Å². The maximum Gasteiger partial charge on any atom is 0.244 e. The first-order valence-electron chi connectivity index (χ1n) is 5.41. The Bertz CT molecular complexity index is 497. The van der Waals surface area contributed by atoms with Gasteiger partial charge in [0.05, 0.1) is 17.0 Å². The van der Waals surface area contributed by atoms with Gasteiger partial charge in [0, 0.05) is 39.6 Å². The molecule has 0 unspecified atom stereocenters. The lowest BCUT2D eigenvalue weighted by molar-refractivity contribution is 0.136. The molecule has 96 valence electrons. The molecule has 0 amide bonds. The number of hydrogen-bond acceptors (Lipinski definition) is 4. The number of aromatic nitrogens is 1. The lowest BCUT2D eigenvalue weighted by Crippen LogP contribution is -2.44. The molecule has 7 heteroatoms. The fourth-order valence-electron chi connectivity index (χ4n) is 2.00. The van der Waals surface area contributed by atoms with Crippen molar-refractivity contribution in [3.05, 3.63) is 18.5 Å². The summed E-state index contributed by atoms with van der Waals surface area (Å²) in [6.45, 7) is 0.906. The van der Waals surface area contributed by atoms with E-state index >= 15 is 0 Å². The molecule has 2 heterocycles. The van der Waals surface area contributed by atoms with Gasteiger partial charge in [-0.15, -0.1) is 0 Å². The number of nitrogens with zero attached hydrogens (tertiary/aromatic N) is 2. The van der Waals surface area contributed by atoms with Crippen molar-refractivity contribution in [1.82, 2.24) is 14.2 Å². The Morgan fingerprint density at radius 3 is 2.71 bits per heavy atom. The molecule has 2 atom stereocenters. The van der Waals surface area contributed by atoms with Gasteiger partial charge in [0.1, 0.15) is 0 Å². The second-order valence-corrected chi connectivity index (χ2v) is 6.32. The van der Waals surface area contributed by atoms with E-state index in [9.17, 15) is 13.5 Å². The van der Waals surface area contributed by atoms with Gasteiger partial charge in [0.15, 0.2) is 0 Å². The van der Waals surface area contributed by atoms with Gasteiger partial charge in [-0.05, 0) is 6.07 Å². The number of sulfonamides is 1. The van der Waals surface area contributed by atoms with Gasteiger partial charge in [-0.2, -0.15) is 4.31 Å². The van der Waals surface area contributed by atoms with Crippen LogP contribution in [0, 0.1) is 0 Å². The van der Waals surface area contributed by atoms with E-state index in [0.717, 1.165) is 0 Å². The van der Waals surface area contributed by atoms with Crippen LogP contribution in [0.15, 0.2) is 23.4 Å². The van der Waals surface area contributed by atoms with Crippen LogP contribution in [0.5, 0.6) is 0 Å². The number of nitrogens with one attached hydrogen (secondary N) is 1. The number of aliphatic hydroxyl groups is 1. The SMILES string of the molecule is CN([C@@H]1CNC[C@H]1O)S(=O)(=O)c1ccn(C)c1. The van der Waals surface area contributed by atoms with Gasteiger partial charge in [-0.3, -0.25) is 0 Å². The maximum atomic E-state index is 12.3. The quantitative estimate of drug-likeness (QED) is 0.728. The number of β-amino-alcohol motifs (C(OH)–C–C–N with tert-alkyl or cyclic N) is 1. The van der Waals surface area contributed by atoms with Crippen molar-refractivity contribution in [2.75, 3.05) is 20.1 Å². The van der Waals surface area contributed by atoms with Crippen molar-refractivity contribution in [2.45, 2.75) is 17.0 Å². The Kier molecular flexibility index (Phi) is 3.26. The summed E-state index contributed by atoms with van der Waals surface area (Å²) in [5.41, 5.74) is 0. The van der Waals surface area contributed by atoms with Gasteiger partial charge in [0.25, 0.3) is 0 Å². The van der Waals surface area contributed by atoms with Crippen LogP contribution in [0.3, 0.4) is 0 Å². The van der Waals surface area contributed by atoms with E-state index in [0.29, 0.717) is 13.1 Å². The predicted octanol–water partition coefficient (Wildman–Crippen LogP) is -1.02. The number of hydrogen-bond donors (Lipinski definition) is 2. The molecule has 1 aliphatic rings. The summed E-state index contributed by atoms with van der Waals surface area (Å²) in [6, 6.07) is 1.15. The number of likely N-dealkylation sites (N-methyl/N-ethyl adjacent to an activating group) is 1. The van der Waals surface area contributed by atoms with Crippen LogP contribution in [0.4, 0.5) is 0 Å². The molecular weight excluding hydrogens is 242 g/mol. The zero-order valence-electron chi connectivity index (χ0n) is 9.87. The summed E-state index contributed by atoms with van der Waals surface area (Å²) >= 11 is 0. The van der Waals surface area contributed by atoms with E-state index in [4.69, 9.17) is 0 Å². The molecule has 0 bridgehead atoms. The minimum Gasteiger partial charge on any atom is -0.390 e. The van der Waals surface area contributed by atoms with Crippen molar-refractivity contribution >= 4 is 10.0 Å². The molecule has 0 saturated carbocycles. The van der Waals surface area contributed by atoms with Gasteiger partial charge in [-0.25, -0.2) is 8.42 Å². The zero-order chi connectivity index (χ0) is 12.6. The first-order valence-corrected chi connectivity index (χ1v) is 6.85. The van der Waals surface area contributed by atoms with Crippen LogP contribution in [-0.2, 0) is 17.1 Å². The van der Waals surface area contributed by atoms with Crippen molar-refractivity contribution in [1.29, 1.82) is 0 Å². The van der Waals surface area contributed by atoms with E-state index in [-0.39, 0.29) is 4.90 Å². The molecule has 1 saturated heterocycles. The van der Waals surface area contributed by atoms with Gasteiger partial charge in [0.2, 0.25) is 10.0 Å². The molecule has 17 heavy (non-hydrogen) atoms. The Morgan fingerprint density at radius 2 is 2.24 bits per heavy atom. The average Bonchev–Trinajstić information content (AvgIpc) is 2.86. The third kappa shape index (κ3) is 2.23. The molecule has 0 aliphatic carbocycles. The summed E-state index contributed by atoms with van der Waals surface area (Å²) in [4.78, 5) is 0.251. The Balaban J connectivity index is 2.26. The fourth-order valence-corrected chi connectivity index (χ4v) is 3.43. The lowest BCUT2D eigenvalue weighted by Gasteiger charge is -2.25. The molecule has 1 aromatic rings. The monoisotopic (exact) mass is 259 g/mol. The predicted molar refractivity (Wildman–Crippen MR) is 63.0 cm³/mol. The van der Waals surface area contributed by atoms with E-state index in [1.165, 1.54) is 11.4 Å². The highest BCUT2D eigenvalue weighted by Gasteiger charge is 2.35. The zero-order valence-corrected chi connectivity index (χ0v) is 10.7. The Morgan fingerprint density at radius 1 is 1.53 bits per heavy atom. The largest absolute Gasteiger partial charge is 0.390 e. The van der Waals surface area contributed by atoms with Crippen molar-refractivity contribution in [3.63, 3.8) is 0 Å². The molecule has 1 aliphatic heterocycles. The summed E-state index contributed by atoms with van der Waals surface area (Å²) in [5.74, 6) is 0. The molecule has 0 spiro atoms. The molecular formula is C10H17N3O3S. The van der Waals surface area contributed by atoms with Gasteiger partial charge in [-0.1, -0.05) is 0 Å². The van der Waals surface area contributed by atoms with Crippen LogP contribution in [0.1, 0.15) is 0 Å². The molecule has 2 N–H and O–H groups in total. The molecule has 1 fully saturated rings. The van der Waals surface area contributed by atoms with E-state index in [1.54, 1.807) is 30.1 Å². The number of aryl methyl sites for hydroxylation is 1. The van der Waals surface area contributed by atoms with Crippen molar-refractivity contribution in [2.24, 2.45) is 7.05 Å². The Labute approximate surface area is 101 Å². The van der Waals surface area contributed by atoms with Crippen LogP contribution < -0.4 is 5.32 Å². The molecule has 6 nitrogen and oxygen atoms in total. The fraction of sp³-hybridized carbons (Fsp3) is 0.600. The number of rotatable bonds is 3. The lowest BCUT2D eigenvalue weighted by atomic mass is 10.2. The van der Waals surface area contributed by atoms with E-state index in [2.05, 4.69) is 5.32 Å². The maximum absolute atomic E-state index is 12.3. The van der Waals surface area contributed by atoms with Crippen LogP contribution in [0.25, 0.3) is 0 Å². The second kappa shape index (κ2) is 4.41. The smallest absolute Gasteiger partial charge is 0.244 e. The Hall–Kier alpha value is -0.890. The molecule has 0 radical (unpaired) electrons. The van der Waals surface area contributed by atoms with Crippen LogP contribution in [0.2, 0.25) is 0 Å². The van der Waals surface area contributed by atoms with Gasteiger partial charge < -0.3 is 15.0 Å². The first kappa shape index (κ1) is 12.6.